The Morgan fingerprint density at radius 2 is 1.95 bits per heavy atom. The van der Waals surface area contributed by atoms with Gasteiger partial charge in [-0.3, -0.25) is 10.9 Å². The van der Waals surface area contributed by atoms with E-state index in [1.165, 1.54) is 25.7 Å². The molecule has 108 valence electrons. The molecule has 2 aliphatic rings. The van der Waals surface area contributed by atoms with Crippen LogP contribution in [0.5, 0.6) is 0 Å². The van der Waals surface area contributed by atoms with Crippen LogP contribution in [-0.2, 0) is 0 Å². The summed E-state index contributed by atoms with van der Waals surface area (Å²) in [6, 6.07) is 2.48. The van der Waals surface area contributed by atoms with Crippen LogP contribution in [0.2, 0.25) is 0 Å². The second-order valence-corrected chi connectivity index (χ2v) is 6.39. The highest BCUT2D eigenvalue weighted by Gasteiger charge is 2.39. The summed E-state index contributed by atoms with van der Waals surface area (Å²) in [5.41, 5.74) is 7.83. The van der Waals surface area contributed by atoms with Crippen LogP contribution in [0.15, 0.2) is 6.07 Å². The Kier molecular flexibility index (Phi) is 3.74. The monoisotopic (exact) mass is 291 g/mol. The summed E-state index contributed by atoms with van der Waals surface area (Å²) >= 11 is 5.33. The lowest BCUT2D eigenvalue weighted by molar-refractivity contribution is 0.390. The third-order valence-corrected chi connectivity index (χ3v) is 4.54. The Morgan fingerprint density at radius 3 is 2.55 bits per heavy atom. The maximum atomic E-state index is 5.33. The van der Waals surface area contributed by atoms with Crippen molar-refractivity contribution >= 4 is 23.3 Å². The van der Waals surface area contributed by atoms with Gasteiger partial charge < -0.3 is 5.32 Å². The maximum Gasteiger partial charge on any atom is 0.242 e. The Labute approximate surface area is 124 Å². The molecule has 2 fully saturated rings. The zero-order valence-corrected chi connectivity index (χ0v) is 12.8. The SMILES string of the molecule is Cc1cc(C)nc(NNC(=S)N[C@@H]2C[C@H]3CC[C@@H]2C3)n1. The van der Waals surface area contributed by atoms with E-state index in [2.05, 4.69) is 26.1 Å². The number of fused-ring (bicyclic) bond motifs is 2. The highest BCUT2D eigenvalue weighted by molar-refractivity contribution is 7.80. The van der Waals surface area contributed by atoms with E-state index in [-0.39, 0.29) is 0 Å². The summed E-state index contributed by atoms with van der Waals surface area (Å²) in [4.78, 5) is 8.61. The molecule has 3 N–H and O–H groups in total. The first-order chi connectivity index (χ1) is 9.60. The number of aromatic nitrogens is 2. The third kappa shape index (κ3) is 3.00. The van der Waals surface area contributed by atoms with Crippen LogP contribution in [0.4, 0.5) is 5.95 Å². The van der Waals surface area contributed by atoms with Crippen molar-refractivity contribution in [3.63, 3.8) is 0 Å². The van der Waals surface area contributed by atoms with E-state index in [0.29, 0.717) is 17.1 Å². The summed E-state index contributed by atoms with van der Waals surface area (Å²) in [6.45, 7) is 3.90. The van der Waals surface area contributed by atoms with Crippen molar-refractivity contribution in [2.75, 3.05) is 5.43 Å². The van der Waals surface area contributed by atoms with Crippen LogP contribution in [0.25, 0.3) is 0 Å². The summed E-state index contributed by atoms with van der Waals surface area (Å²) in [5.74, 6) is 2.27. The molecule has 2 bridgehead atoms. The lowest BCUT2D eigenvalue weighted by Crippen LogP contribution is -2.46. The molecule has 0 aromatic carbocycles. The van der Waals surface area contributed by atoms with E-state index in [9.17, 15) is 0 Å². The number of hydrazine groups is 1. The number of nitrogens with zero attached hydrogens (tertiary/aromatic N) is 2. The lowest BCUT2D eigenvalue weighted by atomic mass is 9.96. The van der Waals surface area contributed by atoms with Crippen LogP contribution in [0.1, 0.15) is 37.1 Å². The minimum atomic E-state index is 0.538. The standard InChI is InChI=1S/C14H21N5S/c1-8-5-9(2)16-13(15-8)18-19-14(20)17-12-7-10-3-4-11(12)6-10/h5,10-12H,3-4,6-7H2,1-2H3,(H,15,16,18)(H2,17,19,20)/t10-,11+,12+/m0/s1. The number of anilines is 1. The molecular formula is C14H21N5S. The molecule has 1 aromatic heterocycles. The average Bonchev–Trinajstić information content (AvgIpc) is 2.97. The first kappa shape index (κ1) is 13.5. The van der Waals surface area contributed by atoms with Crippen LogP contribution >= 0.6 is 12.2 Å². The fourth-order valence-electron chi connectivity index (χ4n) is 3.52. The molecule has 0 spiro atoms. The molecule has 0 unspecified atom stereocenters. The molecule has 5 nitrogen and oxygen atoms in total. The van der Waals surface area contributed by atoms with E-state index in [4.69, 9.17) is 12.2 Å². The average molecular weight is 291 g/mol. The minimum absolute atomic E-state index is 0.538. The predicted octanol–water partition coefficient (Wildman–Crippen LogP) is 2.07. The van der Waals surface area contributed by atoms with Crippen molar-refractivity contribution in [1.29, 1.82) is 0 Å². The molecule has 2 aliphatic carbocycles. The van der Waals surface area contributed by atoms with Gasteiger partial charge in [-0.1, -0.05) is 6.42 Å². The van der Waals surface area contributed by atoms with Crippen LogP contribution in [-0.4, -0.2) is 21.1 Å². The van der Waals surface area contributed by atoms with Crippen LogP contribution < -0.4 is 16.2 Å². The fourth-order valence-corrected chi connectivity index (χ4v) is 3.72. The highest BCUT2D eigenvalue weighted by atomic mass is 32.1. The maximum absolute atomic E-state index is 5.33. The molecule has 3 atom stereocenters. The molecule has 1 aromatic rings. The number of hydrogen-bond acceptors (Lipinski definition) is 4. The zero-order chi connectivity index (χ0) is 14.1. The summed E-state index contributed by atoms with van der Waals surface area (Å²) in [5, 5.41) is 4.04. The van der Waals surface area contributed by atoms with Crippen LogP contribution in [0.3, 0.4) is 0 Å². The van der Waals surface area contributed by atoms with Crippen molar-refractivity contribution in [3.05, 3.63) is 17.5 Å². The number of rotatable bonds is 3. The first-order valence-corrected chi connectivity index (χ1v) is 7.66. The van der Waals surface area contributed by atoms with Gasteiger partial charge in [-0.15, -0.1) is 0 Å². The summed E-state index contributed by atoms with van der Waals surface area (Å²) in [7, 11) is 0. The summed E-state index contributed by atoms with van der Waals surface area (Å²) < 4.78 is 0. The first-order valence-electron chi connectivity index (χ1n) is 7.25. The number of thiocarbonyl (C=S) groups is 1. The predicted molar refractivity (Wildman–Crippen MR) is 83.2 cm³/mol. The van der Waals surface area contributed by atoms with Gasteiger partial charge in [-0.25, -0.2) is 9.97 Å². The van der Waals surface area contributed by atoms with E-state index >= 15 is 0 Å². The largest absolute Gasteiger partial charge is 0.358 e. The van der Waals surface area contributed by atoms with Gasteiger partial charge in [0, 0.05) is 17.4 Å². The molecule has 0 radical (unpaired) electrons. The quantitative estimate of drug-likeness (QED) is 0.585. The minimum Gasteiger partial charge on any atom is -0.358 e. The van der Waals surface area contributed by atoms with E-state index in [0.717, 1.165) is 23.2 Å². The van der Waals surface area contributed by atoms with Gasteiger partial charge in [-0.2, -0.15) is 0 Å². The normalized spacial score (nSPS) is 27.4. The van der Waals surface area contributed by atoms with Gasteiger partial charge in [-0.05, 0) is 63.2 Å². The fraction of sp³-hybridized carbons (Fsp3) is 0.643. The van der Waals surface area contributed by atoms with Gasteiger partial charge in [0.25, 0.3) is 0 Å². The zero-order valence-electron chi connectivity index (χ0n) is 11.9. The number of hydrogen-bond donors (Lipinski definition) is 3. The van der Waals surface area contributed by atoms with Crippen molar-refractivity contribution in [1.82, 2.24) is 20.7 Å². The Balaban J connectivity index is 1.49. The highest BCUT2D eigenvalue weighted by Crippen LogP contribution is 2.44. The van der Waals surface area contributed by atoms with Gasteiger partial charge in [0.05, 0.1) is 0 Å². The molecular weight excluding hydrogens is 270 g/mol. The van der Waals surface area contributed by atoms with E-state index in [1.807, 2.05) is 19.9 Å². The van der Waals surface area contributed by atoms with E-state index < -0.39 is 0 Å². The molecule has 0 amide bonds. The van der Waals surface area contributed by atoms with Crippen LogP contribution in [0, 0.1) is 25.7 Å². The molecule has 3 rings (SSSR count). The number of aryl methyl sites for hydroxylation is 2. The van der Waals surface area contributed by atoms with Crippen molar-refractivity contribution < 1.29 is 0 Å². The van der Waals surface area contributed by atoms with Crippen molar-refractivity contribution in [3.8, 4) is 0 Å². The molecule has 0 saturated heterocycles. The molecule has 20 heavy (non-hydrogen) atoms. The Hall–Kier alpha value is -1.43. The topological polar surface area (TPSA) is 61.9 Å². The molecule has 0 aliphatic heterocycles. The smallest absolute Gasteiger partial charge is 0.242 e. The van der Waals surface area contributed by atoms with Gasteiger partial charge >= 0.3 is 0 Å². The Morgan fingerprint density at radius 1 is 1.20 bits per heavy atom. The second kappa shape index (κ2) is 5.52. The second-order valence-electron chi connectivity index (χ2n) is 5.98. The van der Waals surface area contributed by atoms with Crippen molar-refractivity contribution in [2.24, 2.45) is 11.8 Å². The van der Waals surface area contributed by atoms with E-state index in [1.54, 1.807) is 0 Å². The van der Waals surface area contributed by atoms with Gasteiger partial charge in [0.1, 0.15) is 0 Å². The Bertz CT molecular complexity index is 498. The van der Waals surface area contributed by atoms with Crippen molar-refractivity contribution in [2.45, 2.75) is 45.6 Å². The molecule has 2 saturated carbocycles. The number of nitrogens with one attached hydrogen (secondary N) is 3. The third-order valence-electron chi connectivity index (χ3n) is 4.32. The summed E-state index contributed by atoms with van der Waals surface area (Å²) in [6.07, 6.45) is 5.37. The van der Waals surface area contributed by atoms with Gasteiger partial charge in [0.2, 0.25) is 5.95 Å². The lowest BCUT2D eigenvalue weighted by Gasteiger charge is -2.24. The molecule has 1 heterocycles. The molecule has 6 heteroatoms. The van der Waals surface area contributed by atoms with Gasteiger partial charge in [0.15, 0.2) is 5.11 Å².